The molecule has 0 spiro atoms. The van der Waals surface area contributed by atoms with Gasteiger partial charge < -0.3 is 20.1 Å². The van der Waals surface area contributed by atoms with E-state index in [1.54, 1.807) is 24.4 Å². The van der Waals surface area contributed by atoms with Crippen LogP contribution in [0, 0.1) is 5.92 Å². The normalized spacial score (nSPS) is 11.9. The number of esters is 1. The first kappa shape index (κ1) is 26.0. The summed E-state index contributed by atoms with van der Waals surface area (Å²) >= 11 is 6.34. The summed E-state index contributed by atoms with van der Waals surface area (Å²) in [6.07, 6.45) is 5.08. The van der Waals surface area contributed by atoms with Crippen LogP contribution in [0.25, 0.3) is 11.3 Å². The zero-order valence-corrected chi connectivity index (χ0v) is 21.3. The van der Waals surface area contributed by atoms with Gasteiger partial charge in [0.1, 0.15) is 11.8 Å². The molecule has 0 fully saturated rings. The van der Waals surface area contributed by atoms with Crippen LogP contribution in [-0.2, 0) is 9.53 Å². The summed E-state index contributed by atoms with van der Waals surface area (Å²) in [7, 11) is 2.77. The van der Waals surface area contributed by atoms with Gasteiger partial charge in [0.15, 0.2) is 0 Å². The Hall–Kier alpha value is -3.66. The number of benzene rings is 1. The molecule has 0 aliphatic heterocycles. The van der Waals surface area contributed by atoms with Gasteiger partial charge in [-0.05, 0) is 38.0 Å². The number of ether oxygens (including phenoxy) is 2. The molecule has 0 saturated heterocycles. The lowest BCUT2D eigenvalue weighted by Gasteiger charge is -2.20. The number of hydrogen-bond acceptors (Lipinski definition) is 8. The van der Waals surface area contributed by atoms with Gasteiger partial charge in [0, 0.05) is 23.4 Å². The number of carbonyl (C=O) groups is 2. The Morgan fingerprint density at radius 1 is 1.11 bits per heavy atom. The SMILES string of the molecule is COC(=O)[C@@H](NC(=O)c1ccc(Nc2ncc(Cl)c(-c3cnn(C(C)C)c3)n2)c(OC)c1)C(C)C. The lowest BCUT2D eigenvalue weighted by Crippen LogP contribution is -2.45. The first-order valence-electron chi connectivity index (χ1n) is 11.0. The highest BCUT2D eigenvalue weighted by Gasteiger charge is 2.25. The summed E-state index contributed by atoms with van der Waals surface area (Å²) in [4.78, 5) is 33.5. The number of aromatic nitrogens is 4. The standard InChI is InChI=1S/C24H29ClN6O4/c1-13(2)20(23(33)35-6)29-22(32)15-7-8-18(19(9-15)34-5)28-24-26-11-17(25)21(30-24)16-10-27-31(12-16)14(3)4/h7-14,20H,1-6H3,(H,29,32)(H,26,28,30)/t20-/m0/s1. The van der Waals surface area contributed by atoms with Crippen LogP contribution in [-0.4, -0.2) is 51.9 Å². The second kappa shape index (κ2) is 11.2. The molecular formula is C24H29ClN6O4. The summed E-state index contributed by atoms with van der Waals surface area (Å²) in [6, 6.07) is 4.28. The fourth-order valence-corrected chi connectivity index (χ4v) is 3.48. The van der Waals surface area contributed by atoms with Crippen molar-refractivity contribution in [3.63, 3.8) is 0 Å². The second-order valence-electron chi connectivity index (χ2n) is 8.45. The van der Waals surface area contributed by atoms with Crippen molar-refractivity contribution in [2.75, 3.05) is 19.5 Å². The van der Waals surface area contributed by atoms with E-state index in [9.17, 15) is 9.59 Å². The molecule has 10 nitrogen and oxygen atoms in total. The zero-order chi connectivity index (χ0) is 25.7. The van der Waals surface area contributed by atoms with Gasteiger partial charge in [-0.3, -0.25) is 9.48 Å². The summed E-state index contributed by atoms with van der Waals surface area (Å²) in [5, 5.41) is 10.5. The summed E-state index contributed by atoms with van der Waals surface area (Å²) in [6.45, 7) is 7.70. The van der Waals surface area contributed by atoms with E-state index in [-0.39, 0.29) is 12.0 Å². The largest absolute Gasteiger partial charge is 0.495 e. The maximum absolute atomic E-state index is 12.8. The Morgan fingerprint density at radius 2 is 1.86 bits per heavy atom. The minimum Gasteiger partial charge on any atom is -0.495 e. The maximum atomic E-state index is 12.8. The molecule has 3 aromatic rings. The number of halogens is 1. The van der Waals surface area contributed by atoms with E-state index >= 15 is 0 Å². The Labute approximate surface area is 209 Å². The maximum Gasteiger partial charge on any atom is 0.328 e. The van der Waals surface area contributed by atoms with Gasteiger partial charge in [0.25, 0.3) is 5.91 Å². The van der Waals surface area contributed by atoms with Crippen molar-refractivity contribution >= 4 is 35.1 Å². The van der Waals surface area contributed by atoms with Crippen LogP contribution in [0.1, 0.15) is 44.1 Å². The monoisotopic (exact) mass is 500 g/mol. The summed E-state index contributed by atoms with van der Waals surface area (Å²) in [5.74, 6) is -0.384. The van der Waals surface area contributed by atoms with E-state index in [0.717, 1.165) is 5.56 Å². The summed E-state index contributed by atoms with van der Waals surface area (Å²) in [5.41, 5.74) is 2.16. The quantitative estimate of drug-likeness (QED) is 0.418. The van der Waals surface area contributed by atoms with E-state index in [0.29, 0.717) is 33.7 Å². The van der Waals surface area contributed by atoms with E-state index in [1.165, 1.54) is 20.4 Å². The Bertz CT molecular complexity index is 1210. The number of carbonyl (C=O) groups excluding carboxylic acids is 2. The molecule has 0 bridgehead atoms. The van der Waals surface area contributed by atoms with E-state index in [1.807, 2.05) is 38.6 Å². The van der Waals surface area contributed by atoms with Gasteiger partial charge in [-0.2, -0.15) is 5.10 Å². The minimum atomic E-state index is -0.766. The average molecular weight is 501 g/mol. The highest BCUT2D eigenvalue weighted by atomic mass is 35.5. The lowest BCUT2D eigenvalue weighted by atomic mass is 10.0. The van der Waals surface area contributed by atoms with Crippen molar-refractivity contribution in [3.05, 3.63) is 47.4 Å². The third-order valence-corrected chi connectivity index (χ3v) is 5.54. The molecule has 2 heterocycles. The molecule has 186 valence electrons. The van der Waals surface area contributed by atoms with Gasteiger partial charge in [0.05, 0.1) is 43.0 Å². The fraction of sp³-hybridized carbons (Fsp3) is 0.375. The third-order valence-electron chi connectivity index (χ3n) is 5.27. The molecule has 11 heteroatoms. The van der Waals surface area contributed by atoms with Gasteiger partial charge in [-0.15, -0.1) is 0 Å². The number of anilines is 2. The molecule has 0 aliphatic carbocycles. The average Bonchev–Trinajstić information content (AvgIpc) is 3.33. The predicted octanol–water partition coefficient (Wildman–Crippen LogP) is 4.25. The number of nitrogens with one attached hydrogen (secondary N) is 2. The molecule has 0 unspecified atom stereocenters. The molecule has 0 aliphatic rings. The van der Waals surface area contributed by atoms with Gasteiger partial charge in [0.2, 0.25) is 5.95 Å². The Morgan fingerprint density at radius 3 is 2.46 bits per heavy atom. The number of nitrogens with zero attached hydrogens (tertiary/aromatic N) is 4. The number of amides is 1. The van der Waals surface area contributed by atoms with E-state index < -0.39 is 17.9 Å². The molecular weight excluding hydrogens is 472 g/mol. The van der Waals surface area contributed by atoms with Crippen molar-refractivity contribution in [3.8, 4) is 17.0 Å². The van der Waals surface area contributed by atoms with E-state index in [4.69, 9.17) is 21.1 Å². The number of rotatable bonds is 9. The van der Waals surface area contributed by atoms with Crippen LogP contribution >= 0.6 is 11.6 Å². The molecule has 0 radical (unpaired) electrons. The van der Waals surface area contributed by atoms with Crippen molar-refractivity contribution in [1.29, 1.82) is 0 Å². The van der Waals surface area contributed by atoms with E-state index in [2.05, 4.69) is 25.7 Å². The Kier molecular flexibility index (Phi) is 8.29. The highest BCUT2D eigenvalue weighted by Crippen LogP contribution is 2.31. The molecule has 3 rings (SSSR count). The zero-order valence-electron chi connectivity index (χ0n) is 20.5. The van der Waals surface area contributed by atoms with Crippen molar-refractivity contribution in [1.82, 2.24) is 25.1 Å². The smallest absolute Gasteiger partial charge is 0.328 e. The molecule has 0 saturated carbocycles. The first-order valence-corrected chi connectivity index (χ1v) is 11.4. The van der Waals surface area contributed by atoms with Crippen LogP contribution in [0.3, 0.4) is 0 Å². The molecule has 1 atom stereocenters. The minimum absolute atomic E-state index is 0.141. The van der Waals surface area contributed by atoms with Crippen molar-refractivity contribution in [2.24, 2.45) is 5.92 Å². The van der Waals surface area contributed by atoms with Crippen LogP contribution in [0.15, 0.2) is 36.8 Å². The first-order chi connectivity index (χ1) is 16.6. The molecule has 35 heavy (non-hydrogen) atoms. The molecule has 2 aromatic heterocycles. The molecule has 1 amide bonds. The molecule has 1 aromatic carbocycles. The topological polar surface area (TPSA) is 120 Å². The lowest BCUT2D eigenvalue weighted by molar-refractivity contribution is -0.144. The molecule has 2 N–H and O–H groups in total. The van der Waals surface area contributed by atoms with Gasteiger partial charge in [-0.1, -0.05) is 25.4 Å². The highest BCUT2D eigenvalue weighted by molar-refractivity contribution is 6.32. The predicted molar refractivity (Wildman–Crippen MR) is 133 cm³/mol. The van der Waals surface area contributed by atoms with Gasteiger partial charge in [-0.25, -0.2) is 14.8 Å². The Balaban J connectivity index is 1.84. The second-order valence-corrected chi connectivity index (χ2v) is 8.86. The van der Waals surface area contributed by atoms with Crippen LogP contribution in [0.5, 0.6) is 5.75 Å². The van der Waals surface area contributed by atoms with Crippen molar-refractivity contribution in [2.45, 2.75) is 39.8 Å². The van der Waals surface area contributed by atoms with Crippen LogP contribution < -0.4 is 15.4 Å². The number of hydrogen-bond donors (Lipinski definition) is 2. The fourth-order valence-electron chi connectivity index (χ4n) is 3.28. The summed E-state index contributed by atoms with van der Waals surface area (Å²) < 4.78 is 12.1. The van der Waals surface area contributed by atoms with Crippen LogP contribution in [0.2, 0.25) is 5.02 Å². The third kappa shape index (κ3) is 6.07. The van der Waals surface area contributed by atoms with Crippen molar-refractivity contribution < 1.29 is 19.1 Å². The van der Waals surface area contributed by atoms with Gasteiger partial charge >= 0.3 is 5.97 Å². The van der Waals surface area contributed by atoms with Crippen LogP contribution in [0.4, 0.5) is 11.6 Å². The number of methoxy groups -OCH3 is 2.